The zero-order valence-electron chi connectivity index (χ0n) is 9.68. The molecule has 2 aromatic heterocycles. The van der Waals surface area contributed by atoms with Crippen molar-refractivity contribution >= 4 is 44.6 Å². The van der Waals surface area contributed by atoms with Crippen LogP contribution in [-0.2, 0) is 0 Å². The van der Waals surface area contributed by atoms with E-state index in [9.17, 15) is 0 Å². The fraction of sp³-hybridized carbons (Fsp3) is 0. The lowest BCUT2D eigenvalue weighted by molar-refractivity contribution is 0.881. The van der Waals surface area contributed by atoms with E-state index in [2.05, 4.69) is 21.0 Å². The quantitative estimate of drug-likeness (QED) is 0.731. The molecule has 0 atom stereocenters. The van der Waals surface area contributed by atoms with Crippen LogP contribution in [-0.4, -0.2) is 9.78 Å². The molecule has 3 rings (SSSR count). The standard InChI is InChI=1S/C13H9BrClN3S/c14-8-3-1-2-4-10(8)18-7-9(16)13(17-18)11-5-6-12(15)19-11/h1-7H,16H2. The van der Waals surface area contributed by atoms with Crippen molar-refractivity contribution in [1.29, 1.82) is 0 Å². The Morgan fingerprint density at radius 2 is 2.00 bits per heavy atom. The monoisotopic (exact) mass is 353 g/mol. The van der Waals surface area contributed by atoms with Gasteiger partial charge < -0.3 is 5.73 Å². The summed E-state index contributed by atoms with van der Waals surface area (Å²) >= 11 is 10.9. The molecule has 0 saturated heterocycles. The molecule has 0 fully saturated rings. The molecule has 6 heteroatoms. The SMILES string of the molecule is Nc1cn(-c2ccccc2Br)nc1-c1ccc(Cl)s1. The number of nitrogens with two attached hydrogens (primary N) is 1. The Hall–Kier alpha value is -1.30. The highest BCUT2D eigenvalue weighted by Crippen LogP contribution is 2.34. The summed E-state index contributed by atoms with van der Waals surface area (Å²) in [6.45, 7) is 0. The molecular weight excluding hydrogens is 346 g/mol. The number of anilines is 1. The van der Waals surface area contributed by atoms with Gasteiger partial charge in [-0.2, -0.15) is 5.10 Å². The number of aromatic nitrogens is 2. The van der Waals surface area contributed by atoms with Crippen molar-refractivity contribution in [2.45, 2.75) is 0 Å². The van der Waals surface area contributed by atoms with Crippen LogP contribution in [0.15, 0.2) is 47.1 Å². The van der Waals surface area contributed by atoms with Gasteiger partial charge in [0, 0.05) is 4.47 Å². The van der Waals surface area contributed by atoms with Crippen LogP contribution in [0.1, 0.15) is 0 Å². The van der Waals surface area contributed by atoms with E-state index in [1.807, 2.05) is 42.6 Å². The summed E-state index contributed by atoms with van der Waals surface area (Å²) in [5.41, 5.74) is 8.37. The summed E-state index contributed by atoms with van der Waals surface area (Å²) in [4.78, 5) is 0.966. The third-order valence-corrected chi connectivity index (χ3v) is 4.56. The number of nitrogens with zero attached hydrogens (tertiary/aromatic N) is 2. The first-order chi connectivity index (χ1) is 9.15. The van der Waals surface area contributed by atoms with Gasteiger partial charge in [-0.15, -0.1) is 11.3 Å². The number of halogens is 2. The minimum atomic E-state index is 0.634. The Morgan fingerprint density at radius 3 is 2.68 bits per heavy atom. The molecule has 0 aliphatic carbocycles. The van der Waals surface area contributed by atoms with E-state index in [-0.39, 0.29) is 0 Å². The Bertz CT molecular complexity index is 735. The molecule has 2 heterocycles. The molecule has 96 valence electrons. The molecule has 0 spiro atoms. The van der Waals surface area contributed by atoms with Crippen LogP contribution in [0.25, 0.3) is 16.3 Å². The molecule has 0 unspecified atom stereocenters. The predicted molar refractivity (Wildman–Crippen MR) is 84.0 cm³/mol. The van der Waals surface area contributed by atoms with Crippen LogP contribution >= 0.6 is 38.9 Å². The lowest BCUT2D eigenvalue weighted by Crippen LogP contribution is -1.95. The lowest BCUT2D eigenvalue weighted by Gasteiger charge is -2.02. The van der Waals surface area contributed by atoms with Crippen LogP contribution < -0.4 is 5.73 Å². The van der Waals surface area contributed by atoms with Crippen molar-refractivity contribution in [2.24, 2.45) is 0 Å². The van der Waals surface area contributed by atoms with E-state index >= 15 is 0 Å². The van der Waals surface area contributed by atoms with E-state index in [1.54, 1.807) is 4.68 Å². The highest BCUT2D eigenvalue weighted by atomic mass is 79.9. The third-order valence-electron chi connectivity index (χ3n) is 2.65. The Morgan fingerprint density at radius 1 is 1.21 bits per heavy atom. The Balaban J connectivity index is 2.10. The first-order valence-electron chi connectivity index (χ1n) is 5.51. The molecular formula is C13H9BrClN3S. The fourth-order valence-corrected chi connectivity index (χ4v) is 3.30. The summed E-state index contributed by atoms with van der Waals surface area (Å²) in [5, 5.41) is 4.54. The second kappa shape index (κ2) is 5.00. The minimum absolute atomic E-state index is 0.634. The molecule has 0 radical (unpaired) electrons. The number of para-hydroxylation sites is 1. The van der Waals surface area contributed by atoms with E-state index < -0.39 is 0 Å². The van der Waals surface area contributed by atoms with E-state index in [0.717, 1.165) is 25.1 Å². The summed E-state index contributed by atoms with van der Waals surface area (Å²) in [6, 6.07) is 11.6. The zero-order valence-corrected chi connectivity index (χ0v) is 12.8. The van der Waals surface area contributed by atoms with E-state index in [1.165, 1.54) is 11.3 Å². The van der Waals surface area contributed by atoms with Gasteiger partial charge in [0.05, 0.1) is 26.8 Å². The van der Waals surface area contributed by atoms with Gasteiger partial charge in [-0.3, -0.25) is 0 Å². The van der Waals surface area contributed by atoms with Gasteiger partial charge in [0.2, 0.25) is 0 Å². The summed E-state index contributed by atoms with van der Waals surface area (Å²) in [5.74, 6) is 0. The third kappa shape index (κ3) is 2.41. The van der Waals surface area contributed by atoms with Gasteiger partial charge in [0.15, 0.2) is 0 Å². The van der Waals surface area contributed by atoms with Gasteiger partial charge in [-0.05, 0) is 40.2 Å². The van der Waals surface area contributed by atoms with Crippen molar-refractivity contribution in [3.05, 3.63) is 51.4 Å². The van der Waals surface area contributed by atoms with Crippen LogP contribution in [0.5, 0.6) is 0 Å². The normalized spacial score (nSPS) is 10.8. The van der Waals surface area contributed by atoms with Crippen LogP contribution in [0, 0.1) is 0 Å². The van der Waals surface area contributed by atoms with E-state index in [4.69, 9.17) is 17.3 Å². The van der Waals surface area contributed by atoms with Crippen molar-refractivity contribution in [3.63, 3.8) is 0 Å². The molecule has 0 aliphatic heterocycles. The summed E-state index contributed by atoms with van der Waals surface area (Å²) in [7, 11) is 0. The molecule has 3 aromatic rings. The zero-order chi connectivity index (χ0) is 13.4. The summed E-state index contributed by atoms with van der Waals surface area (Å²) in [6.07, 6.45) is 1.81. The second-order valence-corrected chi connectivity index (χ2v) is 6.50. The van der Waals surface area contributed by atoms with Gasteiger partial charge in [-0.25, -0.2) is 4.68 Å². The first kappa shape index (κ1) is 12.7. The van der Waals surface area contributed by atoms with Crippen molar-refractivity contribution < 1.29 is 0 Å². The van der Waals surface area contributed by atoms with Crippen LogP contribution in [0.3, 0.4) is 0 Å². The predicted octanol–water partition coefficient (Wildman–Crippen LogP) is 4.60. The second-order valence-electron chi connectivity index (χ2n) is 3.93. The maximum atomic E-state index is 6.04. The first-order valence-corrected chi connectivity index (χ1v) is 7.49. The molecule has 19 heavy (non-hydrogen) atoms. The van der Waals surface area contributed by atoms with Gasteiger partial charge in [-0.1, -0.05) is 23.7 Å². The van der Waals surface area contributed by atoms with Crippen LogP contribution in [0.2, 0.25) is 4.34 Å². The molecule has 0 amide bonds. The smallest absolute Gasteiger partial charge is 0.126 e. The fourth-order valence-electron chi connectivity index (χ4n) is 1.78. The summed E-state index contributed by atoms with van der Waals surface area (Å²) < 4.78 is 3.46. The van der Waals surface area contributed by atoms with Crippen molar-refractivity contribution in [3.8, 4) is 16.3 Å². The molecule has 0 bridgehead atoms. The molecule has 0 aliphatic rings. The van der Waals surface area contributed by atoms with Gasteiger partial charge in [0.25, 0.3) is 0 Å². The highest BCUT2D eigenvalue weighted by Gasteiger charge is 2.12. The molecule has 2 N–H and O–H groups in total. The lowest BCUT2D eigenvalue weighted by atomic mass is 10.3. The minimum Gasteiger partial charge on any atom is -0.396 e. The number of hydrogen-bond donors (Lipinski definition) is 1. The highest BCUT2D eigenvalue weighted by molar-refractivity contribution is 9.10. The Kier molecular flexibility index (Phi) is 3.35. The topological polar surface area (TPSA) is 43.8 Å². The van der Waals surface area contributed by atoms with Gasteiger partial charge in [0.1, 0.15) is 5.69 Å². The Labute approximate surface area is 127 Å². The molecule has 3 nitrogen and oxygen atoms in total. The molecule has 0 saturated carbocycles. The van der Waals surface area contributed by atoms with Crippen molar-refractivity contribution in [2.75, 3.05) is 5.73 Å². The number of benzene rings is 1. The average Bonchev–Trinajstić information content (AvgIpc) is 2.96. The van der Waals surface area contributed by atoms with Crippen LogP contribution in [0.4, 0.5) is 5.69 Å². The number of thiophene rings is 1. The molecule has 1 aromatic carbocycles. The maximum absolute atomic E-state index is 6.04. The maximum Gasteiger partial charge on any atom is 0.126 e. The number of nitrogen functional groups attached to an aromatic ring is 1. The average molecular weight is 355 g/mol. The van der Waals surface area contributed by atoms with Crippen molar-refractivity contribution in [1.82, 2.24) is 9.78 Å². The van der Waals surface area contributed by atoms with Gasteiger partial charge >= 0.3 is 0 Å². The van der Waals surface area contributed by atoms with E-state index in [0.29, 0.717) is 5.69 Å². The number of hydrogen-bond acceptors (Lipinski definition) is 3. The largest absolute Gasteiger partial charge is 0.396 e. The number of rotatable bonds is 2.